The number of benzene rings is 3. The van der Waals surface area contributed by atoms with Crippen LogP contribution in [0.5, 0.6) is 0 Å². The van der Waals surface area contributed by atoms with Gasteiger partial charge in [-0.05, 0) is 42.3 Å². The van der Waals surface area contributed by atoms with Crippen molar-refractivity contribution < 1.29 is 0 Å². The van der Waals surface area contributed by atoms with E-state index in [0.717, 1.165) is 22.3 Å². The van der Waals surface area contributed by atoms with Gasteiger partial charge in [0.05, 0.1) is 17.4 Å². The number of rotatable bonds is 4. The Balaban J connectivity index is 1.96. The van der Waals surface area contributed by atoms with Gasteiger partial charge in [-0.25, -0.2) is 4.98 Å². The first kappa shape index (κ1) is 18.4. The molecule has 0 fully saturated rings. The SMILES string of the molecule is Cc1ccc2nc(-c3cccc(Cl)c3)n(Cc3cccc(CN)c3)c(=O)c2c1. The highest BCUT2D eigenvalue weighted by atomic mass is 35.5. The minimum Gasteiger partial charge on any atom is -0.326 e. The van der Waals surface area contributed by atoms with Gasteiger partial charge in [0.2, 0.25) is 0 Å². The van der Waals surface area contributed by atoms with E-state index in [9.17, 15) is 4.79 Å². The van der Waals surface area contributed by atoms with Crippen molar-refractivity contribution in [3.05, 3.63) is 98.8 Å². The molecule has 0 spiro atoms. The van der Waals surface area contributed by atoms with Crippen molar-refractivity contribution in [3.63, 3.8) is 0 Å². The fourth-order valence-corrected chi connectivity index (χ4v) is 3.56. The molecule has 1 aromatic heterocycles. The molecule has 28 heavy (non-hydrogen) atoms. The van der Waals surface area contributed by atoms with Gasteiger partial charge >= 0.3 is 0 Å². The van der Waals surface area contributed by atoms with Crippen molar-refractivity contribution in [2.24, 2.45) is 5.73 Å². The van der Waals surface area contributed by atoms with Crippen LogP contribution < -0.4 is 11.3 Å². The third kappa shape index (κ3) is 3.57. The van der Waals surface area contributed by atoms with Crippen LogP contribution in [0.1, 0.15) is 16.7 Å². The molecule has 0 amide bonds. The summed E-state index contributed by atoms with van der Waals surface area (Å²) in [4.78, 5) is 18.2. The first-order valence-electron chi connectivity index (χ1n) is 9.10. The summed E-state index contributed by atoms with van der Waals surface area (Å²) in [7, 11) is 0. The molecule has 4 rings (SSSR count). The number of aryl methyl sites for hydroxylation is 1. The first-order valence-corrected chi connectivity index (χ1v) is 9.48. The normalized spacial score (nSPS) is 11.1. The summed E-state index contributed by atoms with van der Waals surface area (Å²) >= 11 is 6.20. The number of hydrogen-bond donors (Lipinski definition) is 1. The number of aromatic nitrogens is 2. The molecular formula is C23H20ClN3O. The van der Waals surface area contributed by atoms with Crippen LogP contribution in [0.2, 0.25) is 5.02 Å². The predicted molar refractivity (Wildman–Crippen MR) is 115 cm³/mol. The Bertz CT molecular complexity index is 1230. The van der Waals surface area contributed by atoms with Crippen LogP contribution in [-0.2, 0) is 13.1 Å². The largest absolute Gasteiger partial charge is 0.326 e. The zero-order valence-electron chi connectivity index (χ0n) is 15.5. The fourth-order valence-electron chi connectivity index (χ4n) is 3.37. The molecule has 0 aliphatic rings. The second-order valence-corrected chi connectivity index (χ2v) is 7.32. The van der Waals surface area contributed by atoms with Gasteiger partial charge in [0.25, 0.3) is 5.56 Å². The lowest BCUT2D eigenvalue weighted by Gasteiger charge is -2.15. The minimum atomic E-state index is -0.0678. The molecule has 140 valence electrons. The maximum absolute atomic E-state index is 13.4. The van der Waals surface area contributed by atoms with Crippen LogP contribution in [0.25, 0.3) is 22.3 Å². The van der Waals surface area contributed by atoms with Gasteiger partial charge in [0, 0.05) is 17.1 Å². The maximum Gasteiger partial charge on any atom is 0.261 e. The molecule has 0 aliphatic carbocycles. The molecule has 0 bridgehead atoms. The standard InChI is InChI=1S/C23H20ClN3O/c1-15-8-9-21-20(10-15)23(28)27(14-17-5-2-4-16(11-17)13-25)22(26-21)18-6-3-7-19(24)12-18/h2-12H,13-14,25H2,1H3. The summed E-state index contributed by atoms with van der Waals surface area (Å²) in [6, 6.07) is 21.1. The molecular weight excluding hydrogens is 370 g/mol. The molecule has 5 heteroatoms. The number of halogens is 1. The zero-order chi connectivity index (χ0) is 19.7. The molecule has 0 radical (unpaired) electrons. The van der Waals surface area contributed by atoms with Gasteiger partial charge in [-0.15, -0.1) is 0 Å². The van der Waals surface area contributed by atoms with E-state index >= 15 is 0 Å². The molecule has 1 heterocycles. The first-order chi connectivity index (χ1) is 13.5. The van der Waals surface area contributed by atoms with Crippen LogP contribution in [0, 0.1) is 6.92 Å². The number of nitrogens with zero attached hydrogens (tertiary/aromatic N) is 2. The Morgan fingerprint density at radius 2 is 1.79 bits per heavy atom. The summed E-state index contributed by atoms with van der Waals surface area (Å²) < 4.78 is 1.71. The van der Waals surface area contributed by atoms with Gasteiger partial charge in [0.15, 0.2) is 0 Å². The fraction of sp³-hybridized carbons (Fsp3) is 0.130. The van der Waals surface area contributed by atoms with Gasteiger partial charge in [-0.2, -0.15) is 0 Å². The van der Waals surface area contributed by atoms with Gasteiger partial charge in [-0.1, -0.05) is 59.6 Å². The topological polar surface area (TPSA) is 60.9 Å². The van der Waals surface area contributed by atoms with Gasteiger partial charge in [0.1, 0.15) is 5.82 Å². The molecule has 3 aromatic carbocycles. The number of fused-ring (bicyclic) bond motifs is 1. The summed E-state index contributed by atoms with van der Waals surface area (Å²) in [6.07, 6.45) is 0. The van der Waals surface area contributed by atoms with Crippen molar-refractivity contribution in [1.29, 1.82) is 0 Å². The van der Waals surface area contributed by atoms with Gasteiger partial charge in [-0.3, -0.25) is 9.36 Å². The monoisotopic (exact) mass is 389 g/mol. The van der Waals surface area contributed by atoms with Crippen molar-refractivity contribution >= 4 is 22.5 Å². The van der Waals surface area contributed by atoms with Crippen molar-refractivity contribution in [3.8, 4) is 11.4 Å². The zero-order valence-corrected chi connectivity index (χ0v) is 16.3. The van der Waals surface area contributed by atoms with E-state index in [-0.39, 0.29) is 5.56 Å². The van der Waals surface area contributed by atoms with E-state index in [1.807, 2.05) is 73.7 Å². The molecule has 0 aliphatic heterocycles. The van der Waals surface area contributed by atoms with E-state index in [4.69, 9.17) is 22.3 Å². The molecule has 0 unspecified atom stereocenters. The van der Waals surface area contributed by atoms with Crippen molar-refractivity contribution in [2.75, 3.05) is 0 Å². The highest BCUT2D eigenvalue weighted by Crippen LogP contribution is 2.23. The van der Waals surface area contributed by atoms with Crippen LogP contribution in [0.3, 0.4) is 0 Å². The predicted octanol–water partition coefficient (Wildman–Crippen LogP) is 4.53. The molecule has 0 saturated carbocycles. The Morgan fingerprint density at radius 1 is 1.00 bits per heavy atom. The average Bonchev–Trinajstić information content (AvgIpc) is 2.70. The number of hydrogen-bond acceptors (Lipinski definition) is 3. The van der Waals surface area contributed by atoms with Crippen LogP contribution in [0.15, 0.2) is 71.5 Å². The molecule has 2 N–H and O–H groups in total. The number of nitrogens with two attached hydrogens (primary N) is 1. The molecule has 4 nitrogen and oxygen atoms in total. The van der Waals surface area contributed by atoms with E-state index < -0.39 is 0 Å². The van der Waals surface area contributed by atoms with Crippen molar-refractivity contribution in [2.45, 2.75) is 20.0 Å². The second kappa shape index (κ2) is 7.58. The summed E-state index contributed by atoms with van der Waals surface area (Å²) in [5, 5.41) is 1.22. The summed E-state index contributed by atoms with van der Waals surface area (Å²) in [6.45, 7) is 2.84. The van der Waals surface area contributed by atoms with E-state index in [1.54, 1.807) is 4.57 Å². The van der Waals surface area contributed by atoms with Crippen LogP contribution >= 0.6 is 11.6 Å². The third-order valence-electron chi connectivity index (χ3n) is 4.76. The highest BCUT2D eigenvalue weighted by molar-refractivity contribution is 6.30. The van der Waals surface area contributed by atoms with Crippen molar-refractivity contribution in [1.82, 2.24) is 9.55 Å². The van der Waals surface area contributed by atoms with E-state index in [1.165, 1.54) is 0 Å². The Morgan fingerprint density at radius 3 is 2.57 bits per heavy atom. The Labute approximate surface area is 168 Å². The summed E-state index contributed by atoms with van der Waals surface area (Å²) in [5.41, 5.74) is 10.2. The quantitative estimate of drug-likeness (QED) is 0.557. The highest BCUT2D eigenvalue weighted by Gasteiger charge is 2.14. The second-order valence-electron chi connectivity index (χ2n) is 6.88. The minimum absolute atomic E-state index is 0.0678. The Kier molecular flexibility index (Phi) is 4.99. The van der Waals surface area contributed by atoms with Crippen LogP contribution in [0.4, 0.5) is 0 Å². The lowest BCUT2D eigenvalue weighted by Crippen LogP contribution is -2.24. The molecule has 0 saturated heterocycles. The Hall–Kier alpha value is -2.95. The van der Waals surface area contributed by atoms with Gasteiger partial charge < -0.3 is 5.73 Å². The van der Waals surface area contributed by atoms with E-state index in [0.29, 0.717) is 34.8 Å². The molecule has 0 atom stereocenters. The molecule has 4 aromatic rings. The smallest absolute Gasteiger partial charge is 0.261 e. The average molecular weight is 390 g/mol. The third-order valence-corrected chi connectivity index (χ3v) is 5.00. The maximum atomic E-state index is 13.4. The summed E-state index contributed by atoms with van der Waals surface area (Å²) in [5.74, 6) is 0.599. The lowest BCUT2D eigenvalue weighted by molar-refractivity contribution is 0.758. The lowest BCUT2D eigenvalue weighted by atomic mass is 10.1. The van der Waals surface area contributed by atoms with E-state index in [2.05, 4.69) is 0 Å². The van der Waals surface area contributed by atoms with Crippen LogP contribution in [-0.4, -0.2) is 9.55 Å².